The van der Waals surface area contributed by atoms with Crippen molar-refractivity contribution in [1.29, 1.82) is 0 Å². The van der Waals surface area contributed by atoms with E-state index < -0.39 is 6.04 Å². The first-order chi connectivity index (χ1) is 11.0. The van der Waals surface area contributed by atoms with E-state index >= 15 is 0 Å². The highest BCUT2D eigenvalue weighted by molar-refractivity contribution is 5.86. The predicted octanol–water partition coefficient (Wildman–Crippen LogP) is 0.439. The van der Waals surface area contributed by atoms with E-state index in [1.54, 1.807) is 23.3 Å². The second kappa shape index (κ2) is 7.48. The Balaban J connectivity index is 1.94. The zero-order chi connectivity index (χ0) is 16.8. The van der Waals surface area contributed by atoms with E-state index in [2.05, 4.69) is 25.7 Å². The molecule has 1 unspecified atom stereocenters. The summed E-state index contributed by atoms with van der Waals surface area (Å²) in [7, 11) is 0. The zero-order valence-corrected chi connectivity index (χ0v) is 13.4. The summed E-state index contributed by atoms with van der Waals surface area (Å²) in [6.07, 6.45) is 4.66. The van der Waals surface area contributed by atoms with Crippen molar-refractivity contribution in [3.63, 3.8) is 0 Å². The number of rotatable bonds is 6. The Morgan fingerprint density at radius 1 is 1.30 bits per heavy atom. The van der Waals surface area contributed by atoms with Crippen molar-refractivity contribution in [1.82, 2.24) is 30.4 Å². The number of aromatic nitrogens is 4. The van der Waals surface area contributed by atoms with E-state index in [1.807, 2.05) is 19.9 Å². The van der Waals surface area contributed by atoms with Crippen LogP contribution < -0.4 is 10.6 Å². The van der Waals surface area contributed by atoms with E-state index in [0.717, 1.165) is 5.56 Å². The summed E-state index contributed by atoms with van der Waals surface area (Å²) in [5.41, 5.74) is 0.854. The Morgan fingerprint density at radius 2 is 2.09 bits per heavy atom. The molecular formula is C15H20N6O2. The summed E-state index contributed by atoms with van der Waals surface area (Å²) < 4.78 is 1.55. The van der Waals surface area contributed by atoms with Crippen molar-refractivity contribution in [2.45, 2.75) is 33.4 Å². The average Bonchev–Trinajstić information content (AvgIpc) is 3.04. The van der Waals surface area contributed by atoms with Crippen LogP contribution in [0.2, 0.25) is 0 Å². The highest BCUT2D eigenvalue weighted by Crippen LogP contribution is 2.05. The van der Waals surface area contributed by atoms with Crippen LogP contribution in [0.5, 0.6) is 0 Å². The smallest absolute Gasteiger partial charge is 0.243 e. The van der Waals surface area contributed by atoms with Gasteiger partial charge in [-0.3, -0.25) is 9.59 Å². The normalized spacial score (nSPS) is 12.0. The summed E-state index contributed by atoms with van der Waals surface area (Å²) in [6.45, 7) is 5.50. The molecule has 0 saturated heterocycles. The first-order valence-corrected chi connectivity index (χ1v) is 7.32. The number of amides is 2. The fourth-order valence-electron chi connectivity index (χ4n) is 2.04. The van der Waals surface area contributed by atoms with E-state index in [1.165, 1.54) is 13.3 Å². The molecule has 0 aliphatic rings. The van der Waals surface area contributed by atoms with Crippen molar-refractivity contribution in [3.8, 4) is 5.82 Å². The van der Waals surface area contributed by atoms with Gasteiger partial charge in [0.05, 0.1) is 0 Å². The molecule has 1 atom stereocenters. The molecule has 2 amide bonds. The van der Waals surface area contributed by atoms with Crippen molar-refractivity contribution >= 4 is 11.8 Å². The zero-order valence-electron chi connectivity index (χ0n) is 13.4. The number of hydrogen-bond acceptors (Lipinski definition) is 5. The minimum atomic E-state index is -0.546. The van der Waals surface area contributed by atoms with Crippen LogP contribution in [0.25, 0.3) is 5.82 Å². The summed E-state index contributed by atoms with van der Waals surface area (Å²) >= 11 is 0. The second-order valence-corrected chi connectivity index (χ2v) is 5.50. The van der Waals surface area contributed by atoms with Gasteiger partial charge in [-0.25, -0.2) is 14.6 Å². The molecule has 2 aromatic rings. The molecule has 0 saturated carbocycles. The van der Waals surface area contributed by atoms with Crippen LogP contribution >= 0.6 is 0 Å². The van der Waals surface area contributed by atoms with Gasteiger partial charge in [0.2, 0.25) is 11.8 Å². The first-order valence-electron chi connectivity index (χ1n) is 7.32. The third kappa shape index (κ3) is 4.60. The highest BCUT2D eigenvalue weighted by Gasteiger charge is 2.22. The van der Waals surface area contributed by atoms with Crippen molar-refractivity contribution < 1.29 is 9.59 Å². The Bertz CT molecular complexity index is 651. The molecule has 2 N–H and O–H groups in total. The van der Waals surface area contributed by atoms with Crippen LogP contribution in [0, 0.1) is 5.92 Å². The van der Waals surface area contributed by atoms with Gasteiger partial charge in [-0.2, -0.15) is 5.10 Å². The van der Waals surface area contributed by atoms with Gasteiger partial charge in [-0.1, -0.05) is 19.9 Å². The number of carbonyl (C=O) groups excluding carboxylic acids is 2. The van der Waals surface area contributed by atoms with E-state index in [9.17, 15) is 9.59 Å². The highest BCUT2D eigenvalue weighted by atomic mass is 16.2. The maximum absolute atomic E-state index is 12.2. The fraction of sp³-hybridized carbons (Fsp3) is 0.400. The summed E-state index contributed by atoms with van der Waals surface area (Å²) in [5, 5.41) is 9.46. The molecule has 0 aromatic carbocycles. The Kier molecular flexibility index (Phi) is 5.40. The molecule has 8 heteroatoms. The minimum absolute atomic E-state index is 0.00622. The van der Waals surface area contributed by atoms with Crippen LogP contribution in [-0.2, 0) is 16.1 Å². The van der Waals surface area contributed by atoms with E-state index in [-0.39, 0.29) is 17.7 Å². The molecule has 2 rings (SSSR count). The van der Waals surface area contributed by atoms with E-state index in [4.69, 9.17) is 0 Å². The average molecular weight is 316 g/mol. The molecule has 0 bridgehead atoms. The maximum Gasteiger partial charge on any atom is 0.243 e. The number of carbonyl (C=O) groups is 2. The first kappa shape index (κ1) is 16.6. The molecule has 2 aromatic heterocycles. The molecule has 0 fully saturated rings. The molecule has 2 heterocycles. The minimum Gasteiger partial charge on any atom is -0.350 e. The lowest BCUT2D eigenvalue weighted by molar-refractivity contribution is -0.129. The molecule has 0 radical (unpaired) electrons. The lowest BCUT2D eigenvalue weighted by atomic mass is 10.0. The van der Waals surface area contributed by atoms with Crippen molar-refractivity contribution in [2.75, 3.05) is 0 Å². The molecule has 0 spiro atoms. The van der Waals surface area contributed by atoms with Gasteiger partial charge in [-0.05, 0) is 17.5 Å². The van der Waals surface area contributed by atoms with Crippen LogP contribution in [0.4, 0.5) is 0 Å². The van der Waals surface area contributed by atoms with Gasteiger partial charge in [-0.15, -0.1) is 0 Å². The third-order valence-electron chi connectivity index (χ3n) is 3.24. The standard InChI is InChI=1S/C15H20N6O2/c1-10(2)14(20-11(3)22)15(23)18-7-12-4-5-13(17-6-12)21-9-16-8-19-21/h4-6,8-10,14H,7H2,1-3H3,(H,18,23)(H,20,22). The number of nitrogens with zero attached hydrogens (tertiary/aromatic N) is 4. The van der Waals surface area contributed by atoms with Gasteiger partial charge < -0.3 is 10.6 Å². The van der Waals surface area contributed by atoms with Crippen LogP contribution in [0.3, 0.4) is 0 Å². The molecule has 122 valence electrons. The quantitative estimate of drug-likeness (QED) is 0.805. The molecule has 8 nitrogen and oxygen atoms in total. The Hall–Kier alpha value is -2.77. The van der Waals surface area contributed by atoms with Crippen LogP contribution in [0.15, 0.2) is 31.0 Å². The van der Waals surface area contributed by atoms with Gasteiger partial charge >= 0.3 is 0 Å². The summed E-state index contributed by atoms with van der Waals surface area (Å²) in [4.78, 5) is 31.5. The molecular weight excluding hydrogens is 296 g/mol. The predicted molar refractivity (Wildman–Crippen MR) is 83.4 cm³/mol. The number of pyridine rings is 1. The van der Waals surface area contributed by atoms with E-state index in [0.29, 0.717) is 12.4 Å². The monoisotopic (exact) mass is 316 g/mol. The molecule has 0 aliphatic carbocycles. The van der Waals surface area contributed by atoms with Crippen molar-refractivity contribution in [2.24, 2.45) is 5.92 Å². The van der Waals surface area contributed by atoms with Gasteiger partial charge in [0, 0.05) is 19.7 Å². The molecule has 0 aliphatic heterocycles. The summed E-state index contributed by atoms with van der Waals surface area (Å²) in [5.74, 6) is 0.218. The third-order valence-corrected chi connectivity index (χ3v) is 3.24. The van der Waals surface area contributed by atoms with Gasteiger partial charge in [0.1, 0.15) is 18.7 Å². The Morgan fingerprint density at radius 3 is 2.61 bits per heavy atom. The Labute approximate surface area is 134 Å². The van der Waals surface area contributed by atoms with Crippen LogP contribution in [0.1, 0.15) is 26.3 Å². The number of hydrogen-bond donors (Lipinski definition) is 2. The van der Waals surface area contributed by atoms with Gasteiger partial charge in [0.25, 0.3) is 0 Å². The number of nitrogens with one attached hydrogen (secondary N) is 2. The van der Waals surface area contributed by atoms with Gasteiger partial charge in [0.15, 0.2) is 5.82 Å². The topological polar surface area (TPSA) is 102 Å². The lowest BCUT2D eigenvalue weighted by Gasteiger charge is -2.20. The summed E-state index contributed by atoms with van der Waals surface area (Å²) in [6, 6.07) is 3.10. The molecule has 23 heavy (non-hydrogen) atoms. The van der Waals surface area contributed by atoms with Crippen LogP contribution in [-0.4, -0.2) is 37.6 Å². The largest absolute Gasteiger partial charge is 0.350 e. The van der Waals surface area contributed by atoms with Crippen molar-refractivity contribution in [3.05, 3.63) is 36.5 Å². The fourth-order valence-corrected chi connectivity index (χ4v) is 2.04. The second-order valence-electron chi connectivity index (χ2n) is 5.50. The lowest BCUT2D eigenvalue weighted by Crippen LogP contribution is -2.48. The maximum atomic E-state index is 12.2. The SMILES string of the molecule is CC(=O)NC(C(=O)NCc1ccc(-n2cncn2)nc1)C(C)C.